The Morgan fingerprint density at radius 3 is 2.55 bits per heavy atom. The van der Waals surface area contributed by atoms with Gasteiger partial charge in [0.15, 0.2) is 5.84 Å². The van der Waals surface area contributed by atoms with Gasteiger partial charge in [-0.3, -0.25) is 9.80 Å². The molecule has 0 bridgehead atoms. The first kappa shape index (κ1) is 14.6. The highest BCUT2D eigenvalue weighted by molar-refractivity contribution is 5.81. The third-order valence-electron chi connectivity index (χ3n) is 3.57. The topological polar surface area (TPSA) is 74.3 Å². The van der Waals surface area contributed by atoms with Crippen molar-refractivity contribution in [3.05, 3.63) is 29.8 Å². The molecule has 1 fully saturated rings. The van der Waals surface area contributed by atoms with Gasteiger partial charge in [0.2, 0.25) is 0 Å². The van der Waals surface area contributed by atoms with E-state index >= 15 is 0 Å². The van der Waals surface area contributed by atoms with E-state index in [1.807, 2.05) is 18.2 Å². The lowest BCUT2D eigenvalue weighted by molar-refractivity contribution is 0.138. The van der Waals surface area contributed by atoms with Crippen LogP contribution < -0.4 is 10.5 Å². The third kappa shape index (κ3) is 3.85. The molecule has 1 aliphatic rings. The Kier molecular flexibility index (Phi) is 5.20. The van der Waals surface area contributed by atoms with Gasteiger partial charge >= 0.3 is 0 Å². The summed E-state index contributed by atoms with van der Waals surface area (Å²) in [5, 5.41) is 11.6. The van der Waals surface area contributed by atoms with Gasteiger partial charge < -0.3 is 15.7 Å². The Morgan fingerprint density at radius 1 is 1.25 bits per heavy atom. The molecule has 1 saturated heterocycles. The fourth-order valence-electron chi connectivity index (χ4n) is 2.44. The molecule has 1 aromatic rings. The number of methoxy groups -OCH3 is 1. The number of nitrogens with two attached hydrogens (primary N) is 1. The summed E-state index contributed by atoms with van der Waals surface area (Å²) < 4.78 is 5.38. The van der Waals surface area contributed by atoms with Crippen molar-refractivity contribution in [2.24, 2.45) is 10.9 Å². The Bertz CT molecular complexity index is 456. The molecule has 0 aromatic heterocycles. The van der Waals surface area contributed by atoms with Gasteiger partial charge in [-0.1, -0.05) is 23.4 Å². The summed E-state index contributed by atoms with van der Waals surface area (Å²) in [6, 6.07) is 8.11. The lowest BCUT2D eigenvalue weighted by Crippen LogP contribution is -2.48. The van der Waals surface area contributed by atoms with Crippen molar-refractivity contribution in [1.29, 1.82) is 0 Å². The maximum Gasteiger partial charge on any atom is 0.153 e. The number of ether oxygens (including phenoxy) is 1. The zero-order valence-electron chi connectivity index (χ0n) is 11.8. The number of benzene rings is 1. The van der Waals surface area contributed by atoms with Crippen LogP contribution in [0.15, 0.2) is 29.4 Å². The van der Waals surface area contributed by atoms with Crippen LogP contribution in [0.2, 0.25) is 0 Å². The van der Waals surface area contributed by atoms with Crippen LogP contribution in [0.4, 0.5) is 0 Å². The predicted octanol–water partition coefficient (Wildman–Crippen LogP) is 0.559. The summed E-state index contributed by atoms with van der Waals surface area (Å²) in [6.45, 7) is 5.20. The molecular formula is C14H22N4O2. The van der Waals surface area contributed by atoms with Crippen molar-refractivity contribution in [1.82, 2.24) is 9.80 Å². The predicted molar refractivity (Wildman–Crippen MR) is 78.1 cm³/mol. The molecule has 0 atom stereocenters. The number of piperazine rings is 1. The van der Waals surface area contributed by atoms with Crippen molar-refractivity contribution < 1.29 is 9.94 Å². The largest absolute Gasteiger partial charge is 0.496 e. The molecular weight excluding hydrogens is 256 g/mol. The van der Waals surface area contributed by atoms with Crippen LogP contribution in [-0.2, 0) is 6.54 Å². The second kappa shape index (κ2) is 7.12. The maximum atomic E-state index is 8.58. The van der Waals surface area contributed by atoms with Gasteiger partial charge in [0.1, 0.15) is 5.75 Å². The highest BCUT2D eigenvalue weighted by atomic mass is 16.5. The fraction of sp³-hybridized carbons (Fsp3) is 0.500. The minimum absolute atomic E-state index is 0.267. The summed E-state index contributed by atoms with van der Waals surface area (Å²) >= 11 is 0. The fourth-order valence-corrected chi connectivity index (χ4v) is 2.44. The van der Waals surface area contributed by atoms with E-state index in [4.69, 9.17) is 15.7 Å². The van der Waals surface area contributed by atoms with Crippen molar-refractivity contribution in [3.8, 4) is 5.75 Å². The van der Waals surface area contributed by atoms with Gasteiger partial charge in [0.25, 0.3) is 0 Å². The van der Waals surface area contributed by atoms with E-state index in [2.05, 4.69) is 21.0 Å². The molecule has 0 spiro atoms. The molecule has 20 heavy (non-hydrogen) atoms. The highest BCUT2D eigenvalue weighted by Crippen LogP contribution is 2.19. The lowest BCUT2D eigenvalue weighted by Gasteiger charge is -2.34. The van der Waals surface area contributed by atoms with Crippen LogP contribution in [0, 0.1) is 0 Å². The van der Waals surface area contributed by atoms with Crippen molar-refractivity contribution in [2.45, 2.75) is 6.54 Å². The maximum absolute atomic E-state index is 8.58. The first-order chi connectivity index (χ1) is 9.72. The first-order valence-electron chi connectivity index (χ1n) is 6.76. The van der Waals surface area contributed by atoms with Crippen LogP contribution in [0.3, 0.4) is 0 Å². The average Bonchev–Trinajstić information content (AvgIpc) is 2.49. The minimum atomic E-state index is 0.267. The van der Waals surface area contributed by atoms with E-state index in [0.29, 0.717) is 6.54 Å². The molecule has 6 nitrogen and oxygen atoms in total. The number of para-hydroxylation sites is 1. The molecule has 1 aromatic carbocycles. The number of hydrogen-bond donors (Lipinski definition) is 2. The summed E-state index contributed by atoms with van der Waals surface area (Å²) in [5.74, 6) is 1.20. The summed E-state index contributed by atoms with van der Waals surface area (Å²) in [7, 11) is 1.70. The minimum Gasteiger partial charge on any atom is -0.496 e. The van der Waals surface area contributed by atoms with Crippen LogP contribution >= 0.6 is 0 Å². The van der Waals surface area contributed by atoms with E-state index in [0.717, 1.165) is 38.5 Å². The lowest BCUT2D eigenvalue weighted by atomic mass is 10.1. The van der Waals surface area contributed by atoms with Gasteiger partial charge in [0.05, 0.1) is 13.7 Å². The molecule has 1 heterocycles. The van der Waals surface area contributed by atoms with Gasteiger partial charge in [0, 0.05) is 38.3 Å². The number of hydrogen-bond acceptors (Lipinski definition) is 5. The second-order valence-corrected chi connectivity index (χ2v) is 4.96. The van der Waals surface area contributed by atoms with Crippen LogP contribution in [-0.4, -0.2) is 60.7 Å². The SMILES string of the molecule is COc1ccccc1CN1CCN(CC(N)=NO)CC1. The van der Waals surface area contributed by atoms with Crippen molar-refractivity contribution in [2.75, 3.05) is 39.8 Å². The highest BCUT2D eigenvalue weighted by Gasteiger charge is 2.18. The van der Waals surface area contributed by atoms with Crippen LogP contribution in [0.1, 0.15) is 5.56 Å². The van der Waals surface area contributed by atoms with E-state index < -0.39 is 0 Å². The van der Waals surface area contributed by atoms with Gasteiger partial charge in [-0.2, -0.15) is 0 Å². The van der Waals surface area contributed by atoms with Crippen LogP contribution in [0.25, 0.3) is 0 Å². The zero-order valence-corrected chi connectivity index (χ0v) is 11.8. The van der Waals surface area contributed by atoms with Gasteiger partial charge in [-0.15, -0.1) is 0 Å². The number of nitrogens with zero attached hydrogens (tertiary/aromatic N) is 3. The molecule has 0 unspecified atom stereocenters. The third-order valence-corrected chi connectivity index (χ3v) is 3.57. The molecule has 0 saturated carbocycles. The molecule has 110 valence electrons. The van der Waals surface area contributed by atoms with E-state index in [1.54, 1.807) is 7.11 Å². The Labute approximate surface area is 119 Å². The molecule has 3 N–H and O–H groups in total. The molecule has 1 aliphatic heterocycles. The zero-order chi connectivity index (χ0) is 14.4. The standard InChI is InChI=1S/C14H22N4O2/c1-20-13-5-3-2-4-12(13)10-17-6-8-18(9-7-17)11-14(15)16-19/h2-5,19H,6-11H2,1H3,(H2,15,16). The van der Waals surface area contributed by atoms with E-state index in [1.165, 1.54) is 5.56 Å². The summed E-state index contributed by atoms with van der Waals surface area (Å²) in [4.78, 5) is 4.58. The molecule has 0 amide bonds. The monoisotopic (exact) mass is 278 g/mol. The molecule has 2 rings (SSSR count). The Balaban J connectivity index is 1.85. The first-order valence-corrected chi connectivity index (χ1v) is 6.76. The van der Waals surface area contributed by atoms with Crippen molar-refractivity contribution in [3.63, 3.8) is 0 Å². The smallest absolute Gasteiger partial charge is 0.153 e. The molecule has 6 heteroatoms. The summed E-state index contributed by atoms with van der Waals surface area (Å²) in [6.07, 6.45) is 0. The molecule has 0 radical (unpaired) electrons. The summed E-state index contributed by atoms with van der Waals surface area (Å²) in [5.41, 5.74) is 6.74. The van der Waals surface area contributed by atoms with Crippen molar-refractivity contribution >= 4 is 5.84 Å². The Hall–Kier alpha value is -1.79. The quantitative estimate of drug-likeness (QED) is 0.356. The number of amidine groups is 1. The van der Waals surface area contributed by atoms with Crippen LogP contribution in [0.5, 0.6) is 5.75 Å². The number of rotatable bonds is 5. The van der Waals surface area contributed by atoms with Gasteiger partial charge in [-0.05, 0) is 6.07 Å². The van der Waals surface area contributed by atoms with Gasteiger partial charge in [-0.25, -0.2) is 0 Å². The van der Waals surface area contributed by atoms with E-state index in [-0.39, 0.29) is 5.84 Å². The Morgan fingerprint density at radius 2 is 1.90 bits per heavy atom. The second-order valence-electron chi connectivity index (χ2n) is 4.96. The normalized spacial score (nSPS) is 18.1. The number of oxime groups is 1. The molecule has 0 aliphatic carbocycles. The average molecular weight is 278 g/mol. The van der Waals surface area contributed by atoms with E-state index in [9.17, 15) is 0 Å².